The van der Waals surface area contributed by atoms with Crippen LogP contribution in [0, 0.1) is 0 Å². The summed E-state index contributed by atoms with van der Waals surface area (Å²) in [6.45, 7) is 6.94. The van der Waals surface area contributed by atoms with Crippen LogP contribution in [0.3, 0.4) is 0 Å². The van der Waals surface area contributed by atoms with Gasteiger partial charge in [-0.25, -0.2) is 0 Å². The Balaban J connectivity index is 0.000000247. The van der Waals surface area contributed by atoms with E-state index in [4.69, 9.17) is 0 Å². The predicted octanol–water partition coefficient (Wildman–Crippen LogP) is 7.07. The first-order chi connectivity index (χ1) is 15.8. The Labute approximate surface area is 203 Å². The number of unbranched alkanes of at least 4 members (excludes halogenated alkanes) is 3. The normalized spacial score (nSPS) is 10.8. The van der Waals surface area contributed by atoms with E-state index < -0.39 is 14.7 Å². The molecule has 0 nitrogen and oxygen atoms in total. The second-order valence-electron chi connectivity index (χ2n) is 8.24. The van der Waals surface area contributed by atoms with E-state index >= 15 is 0 Å². The van der Waals surface area contributed by atoms with Gasteiger partial charge in [-0.1, -0.05) is 40.0 Å². The molecule has 0 saturated carbocycles. The minimum absolute atomic E-state index is 0.422. The molecular weight excluding hydrogens is 466 g/mol. The fraction of sp³-hybridized carbons (Fsp3) is 0.400. The van der Waals surface area contributed by atoms with Gasteiger partial charge < -0.3 is 0 Å². The van der Waals surface area contributed by atoms with Crippen LogP contribution in [0.25, 0.3) is 0 Å². The fourth-order valence-electron chi connectivity index (χ4n) is 3.66. The molecule has 0 bridgehead atoms. The van der Waals surface area contributed by atoms with Crippen LogP contribution in [0.1, 0.15) is 59.3 Å². The molecule has 0 unspecified atom stereocenters. The monoisotopic (exact) mass is 508 g/mol. The van der Waals surface area contributed by atoms with E-state index in [2.05, 4.69) is 112 Å². The van der Waals surface area contributed by atoms with E-state index in [0.717, 1.165) is 0 Å². The second-order valence-corrected chi connectivity index (χ2v) is 15.6. The van der Waals surface area contributed by atoms with Crippen molar-refractivity contribution in [3.63, 3.8) is 0 Å². The van der Waals surface area contributed by atoms with E-state index in [0.29, 0.717) is 7.92 Å². The maximum atomic E-state index is 2.31. The van der Waals surface area contributed by atoms with Gasteiger partial charge in [0.05, 0.1) is 0 Å². The van der Waals surface area contributed by atoms with Crippen LogP contribution in [0.4, 0.5) is 0 Å². The first-order valence-corrected chi connectivity index (χ1v) is 17.2. The molecule has 3 aromatic carbocycles. The van der Waals surface area contributed by atoms with Gasteiger partial charge in [0.15, 0.2) is 0 Å². The summed E-state index contributed by atoms with van der Waals surface area (Å²) in [4.78, 5) is 0. The number of benzene rings is 3. The quantitative estimate of drug-likeness (QED) is 0.181. The molecular formula is C30H42AsP. The number of hydrogen-bond donors (Lipinski definition) is 0. The van der Waals surface area contributed by atoms with Crippen molar-refractivity contribution in [2.45, 2.75) is 59.3 Å². The molecule has 0 fully saturated rings. The van der Waals surface area contributed by atoms with Crippen LogP contribution >= 0.6 is 7.92 Å². The van der Waals surface area contributed by atoms with Gasteiger partial charge in [-0.3, -0.25) is 0 Å². The summed E-state index contributed by atoms with van der Waals surface area (Å²) in [5, 5.41) is 0. The van der Waals surface area contributed by atoms with E-state index in [1.165, 1.54) is 51.6 Å². The standard InChI is InChI=1S/C18H15As.C12H27P/c1-4-10-16(11-5-1)19(17-12-6-2-7-13-17)18-14-8-3-9-15-18;1-4-7-10-13(11-8-5-2)12-9-6-3/h1-15H;4-12H2,1-3H3. The molecule has 32 heavy (non-hydrogen) atoms. The van der Waals surface area contributed by atoms with Crippen molar-refractivity contribution >= 4 is 35.6 Å². The summed E-state index contributed by atoms with van der Waals surface area (Å²) in [7, 11) is 0.422. The van der Waals surface area contributed by atoms with Crippen LogP contribution in [-0.2, 0) is 0 Å². The van der Waals surface area contributed by atoms with Crippen molar-refractivity contribution in [1.29, 1.82) is 0 Å². The third-order valence-electron chi connectivity index (χ3n) is 5.53. The molecule has 0 aliphatic carbocycles. The molecule has 172 valence electrons. The third kappa shape index (κ3) is 10.1. The third-order valence-corrected chi connectivity index (χ3v) is 13.5. The average molecular weight is 509 g/mol. The Morgan fingerprint density at radius 1 is 0.469 bits per heavy atom. The molecule has 0 aliphatic heterocycles. The zero-order valence-electron chi connectivity index (χ0n) is 20.4. The average Bonchev–Trinajstić information content (AvgIpc) is 2.86. The molecule has 3 aromatic rings. The Morgan fingerprint density at radius 3 is 1.00 bits per heavy atom. The zero-order chi connectivity index (χ0) is 22.9. The molecule has 3 rings (SSSR count). The molecule has 0 spiro atoms. The number of rotatable bonds is 12. The maximum absolute atomic E-state index is 2.31. The molecule has 2 heteroatoms. The summed E-state index contributed by atoms with van der Waals surface area (Å²) in [6, 6.07) is 32.7. The van der Waals surface area contributed by atoms with Crippen molar-refractivity contribution in [3.8, 4) is 0 Å². The molecule has 0 heterocycles. The molecule has 0 amide bonds. The summed E-state index contributed by atoms with van der Waals surface area (Å²) in [5.41, 5.74) is 0. The van der Waals surface area contributed by atoms with Crippen molar-refractivity contribution < 1.29 is 0 Å². The molecule has 0 atom stereocenters. The van der Waals surface area contributed by atoms with Crippen LogP contribution in [0.2, 0.25) is 0 Å². The van der Waals surface area contributed by atoms with E-state index in [9.17, 15) is 0 Å². The SMILES string of the molecule is CCCCP(CCCC)CCCC.c1ccc([As](c2ccccc2)c2ccccc2)cc1. The Hall–Kier alpha value is -1.35. The molecule has 0 aliphatic rings. The Bertz CT molecular complexity index is 691. The van der Waals surface area contributed by atoms with Gasteiger partial charge in [-0.2, -0.15) is 0 Å². The van der Waals surface area contributed by atoms with Crippen molar-refractivity contribution in [2.24, 2.45) is 0 Å². The van der Waals surface area contributed by atoms with Crippen LogP contribution in [0.15, 0.2) is 91.0 Å². The fourth-order valence-corrected chi connectivity index (χ4v) is 11.5. The van der Waals surface area contributed by atoms with Gasteiger partial charge in [0, 0.05) is 0 Å². The van der Waals surface area contributed by atoms with E-state index in [-0.39, 0.29) is 0 Å². The summed E-state index contributed by atoms with van der Waals surface area (Å²) >= 11 is -1.39. The zero-order valence-corrected chi connectivity index (χ0v) is 23.2. The summed E-state index contributed by atoms with van der Waals surface area (Å²) in [6.07, 6.45) is 13.2. The molecule has 0 radical (unpaired) electrons. The minimum atomic E-state index is -1.39. The first kappa shape index (κ1) is 26.9. The van der Waals surface area contributed by atoms with Crippen molar-refractivity contribution in [3.05, 3.63) is 91.0 Å². The van der Waals surface area contributed by atoms with E-state index in [1.54, 1.807) is 18.5 Å². The van der Waals surface area contributed by atoms with Crippen LogP contribution < -0.4 is 13.1 Å². The van der Waals surface area contributed by atoms with Crippen LogP contribution in [-0.4, -0.2) is 33.1 Å². The van der Waals surface area contributed by atoms with E-state index in [1.807, 2.05) is 0 Å². The van der Waals surface area contributed by atoms with Gasteiger partial charge in [0.1, 0.15) is 0 Å². The topological polar surface area (TPSA) is 0 Å². The van der Waals surface area contributed by atoms with Crippen molar-refractivity contribution in [1.82, 2.24) is 0 Å². The summed E-state index contributed by atoms with van der Waals surface area (Å²) < 4.78 is 4.44. The Morgan fingerprint density at radius 2 is 0.750 bits per heavy atom. The first-order valence-electron chi connectivity index (χ1n) is 12.5. The molecule has 0 aromatic heterocycles. The van der Waals surface area contributed by atoms with Crippen LogP contribution in [0.5, 0.6) is 0 Å². The predicted molar refractivity (Wildman–Crippen MR) is 150 cm³/mol. The van der Waals surface area contributed by atoms with Crippen molar-refractivity contribution in [2.75, 3.05) is 18.5 Å². The number of hydrogen-bond acceptors (Lipinski definition) is 0. The van der Waals surface area contributed by atoms with Gasteiger partial charge in [-0.05, 0) is 37.7 Å². The van der Waals surface area contributed by atoms with Gasteiger partial charge in [0.25, 0.3) is 0 Å². The second kappa shape index (κ2) is 17.2. The summed E-state index contributed by atoms with van der Waals surface area (Å²) in [5.74, 6) is 0. The Kier molecular flexibility index (Phi) is 14.4. The van der Waals surface area contributed by atoms with Gasteiger partial charge in [0.2, 0.25) is 0 Å². The van der Waals surface area contributed by atoms with Gasteiger partial charge in [-0.15, -0.1) is 7.92 Å². The molecule has 0 saturated heterocycles. The van der Waals surface area contributed by atoms with Gasteiger partial charge >= 0.3 is 119 Å². The molecule has 0 N–H and O–H groups in total.